The Hall–Kier alpha value is -2.68. The van der Waals surface area contributed by atoms with Crippen LogP contribution >= 0.6 is 0 Å². The highest BCUT2D eigenvalue weighted by molar-refractivity contribution is 6.74. The van der Waals surface area contributed by atoms with Crippen LogP contribution in [-0.2, 0) is 11.5 Å². The molecule has 3 aromatic rings. The molecule has 1 aromatic heterocycles. The van der Waals surface area contributed by atoms with Gasteiger partial charge < -0.3 is 4.43 Å². The van der Waals surface area contributed by atoms with Crippen molar-refractivity contribution in [1.29, 1.82) is 5.26 Å². The van der Waals surface area contributed by atoms with Crippen molar-refractivity contribution in [1.82, 2.24) is 9.78 Å². The molecule has 0 aliphatic carbocycles. The minimum absolute atomic E-state index is 0.220. The first-order chi connectivity index (χ1) is 14.2. The molecule has 0 amide bonds. The van der Waals surface area contributed by atoms with E-state index in [2.05, 4.69) is 69.3 Å². The Morgan fingerprint density at radius 2 is 1.87 bits per heavy atom. The van der Waals surface area contributed by atoms with Gasteiger partial charge in [-0.3, -0.25) is 4.68 Å². The van der Waals surface area contributed by atoms with Gasteiger partial charge in [0.15, 0.2) is 8.32 Å². The fraction of sp³-hybridized carbons (Fsp3) is 0.360. The van der Waals surface area contributed by atoms with E-state index in [0.717, 1.165) is 40.6 Å². The summed E-state index contributed by atoms with van der Waals surface area (Å²) in [6.07, 6.45) is 6.95. The van der Waals surface area contributed by atoms with E-state index < -0.39 is 8.32 Å². The van der Waals surface area contributed by atoms with Crippen molar-refractivity contribution in [2.24, 2.45) is 7.05 Å². The molecule has 3 rings (SSSR count). The first-order valence-corrected chi connectivity index (χ1v) is 13.3. The molecule has 0 fully saturated rings. The Morgan fingerprint density at radius 1 is 1.17 bits per heavy atom. The number of nitrogens with zero attached hydrogens (tertiary/aromatic N) is 3. The molecule has 0 N–H and O–H groups in total. The quantitative estimate of drug-likeness (QED) is 0.338. The van der Waals surface area contributed by atoms with Crippen molar-refractivity contribution >= 4 is 25.2 Å². The van der Waals surface area contributed by atoms with Gasteiger partial charge in [0.25, 0.3) is 0 Å². The van der Waals surface area contributed by atoms with Crippen molar-refractivity contribution in [3.8, 4) is 17.3 Å². The number of aryl methyl sites for hydroxylation is 1. The summed E-state index contributed by atoms with van der Waals surface area (Å²) in [5.74, 6) is 0. The standard InChI is InChI=1S/C25H31N3OSi/c1-25(2,3)30(5,6)29-16-10-9-11-19-17-22(24-14-15-27-28(24)4)23(18-26)21-13-8-7-12-20(19)21/h7-9,11-15,17H,10,16H2,1-6H3/b11-9+. The van der Waals surface area contributed by atoms with Gasteiger partial charge in [-0.25, -0.2) is 0 Å². The number of nitriles is 1. The Balaban J connectivity index is 1.92. The minimum Gasteiger partial charge on any atom is -0.417 e. The van der Waals surface area contributed by atoms with E-state index in [1.54, 1.807) is 6.20 Å². The summed E-state index contributed by atoms with van der Waals surface area (Å²) >= 11 is 0. The maximum Gasteiger partial charge on any atom is 0.191 e. The van der Waals surface area contributed by atoms with Crippen LogP contribution in [0.4, 0.5) is 0 Å². The largest absolute Gasteiger partial charge is 0.417 e. The van der Waals surface area contributed by atoms with Gasteiger partial charge in [0, 0.05) is 30.8 Å². The fourth-order valence-electron chi connectivity index (χ4n) is 3.31. The van der Waals surface area contributed by atoms with Gasteiger partial charge in [-0.2, -0.15) is 10.4 Å². The molecule has 0 unspecified atom stereocenters. The molecule has 156 valence electrons. The van der Waals surface area contributed by atoms with Gasteiger partial charge in [-0.15, -0.1) is 0 Å². The van der Waals surface area contributed by atoms with Crippen molar-refractivity contribution in [3.63, 3.8) is 0 Å². The second kappa shape index (κ2) is 8.59. The average molecular weight is 418 g/mol. The number of hydrogen-bond acceptors (Lipinski definition) is 3. The molecule has 0 aliphatic heterocycles. The lowest BCUT2D eigenvalue weighted by molar-refractivity contribution is 0.294. The third-order valence-electron chi connectivity index (χ3n) is 6.14. The highest BCUT2D eigenvalue weighted by atomic mass is 28.4. The van der Waals surface area contributed by atoms with Gasteiger partial charge in [0.1, 0.15) is 6.07 Å². The minimum atomic E-state index is -1.72. The zero-order valence-corrected chi connectivity index (χ0v) is 19.9. The summed E-state index contributed by atoms with van der Waals surface area (Å²) in [5.41, 5.74) is 3.64. The first-order valence-electron chi connectivity index (χ1n) is 10.4. The van der Waals surface area contributed by atoms with Crippen LogP contribution in [0.25, 0.3) is 28.1 Å². The number of fused-ring (bicyclic) bond motifs is 1. The number of hydrogen-bond donors (Lipinski definition) is 0. The summed E-state index contributed by atoms with van der Waals surface area (Å²) in [4.78, 5) is 0. The summed E-state index contributed by atoms with van der Waals surface area (Å²) in [6.45, 7) is 12.1. The molecule has 0 spiro atoms. The van der Waals surface area contributed by atoms with Crippen LogP contribution in [0.1, 0.15) is 38.3 Å². The molecular weight excluding hydrogens is 386 g/mol. The summed E-state index contributed by atoms with van der Waals surface area (Å²) in [7, 11) is 0.181. The molecule has 0 saturated heterocycles. The molecule has 30 heavy (non-hydrogen) atoms. The highest BCUT2D eigenvalue weighted by Crippen LogP contribution is 2.37. The second-order valence-electron chi connectivity index (χ2n) is 9.19. The Morgan fingerprint density at radius 3 is 2.47 bits per heavy atom. The molecule has 1 heterocycles. The third-order valence-corrected chi connectivity index (χ3v) is 10.7. The van der Waals surface area contributed by atoms with Crippen molar-refractivity contribution in [2.75, 3.05) is 6.61 Å². The molecule has 0 aliphatic rings. The maximum absolute atomic E-state index is 9.87. The third kappa shape index (κ3) is 4.40. The van der Waals surface area contributed by atoms with E-state index in [9.17, 15) is 5.26 Å². The summed E-state index contributed by atoms with van der Waals surface area (Å²) in [6, 6.07) is 14.6. The van der Waals surface area contributed by atoms with E-state index in [0.29, 0.717) is 5.56 Å². The highest BCUT2D eigenvalue weighted by Gasteiger charge is 2.36. The Bertz CT molecular complexity index is 1110. The van der Waals surface area contributed by atoms with Crippen LogP contribution in [0.5, 0.6) is 0 Å². The number of benzene rings is 2. The van der Waals surface area contributed by atoms with E-state index >= 15 is 0 Å². The van der Waals surface area contributed by atoms with Crippen LogP contribution in [0, 0.1) is 11.3 Å². The number of aromatic nitrogens is 2. The monoisotopic (exact) mass is 417 g/mol. The fourth-order valence-corrected chi connectivity index (χ4v) is 4.37. The normalized spacial score (nSPS) is 12.6. The van der Waals surface area contributed by atoms with E-state index in [-0.39, 0.29) is 5.04 Å². The molecule has 4 nitrogen and oxygen atoms in total. The summed E-state index contributed by atoms with van der Waals surface area (Å²) < 4.78 is 8.10. The Kier molecular flexibility index (Phi) is 6.30. The lowest BCUT2D eigenvalue weighted by Gasteiger charge is -2.36. The average Bonchev–Trinajstić information content (AvgIpc) is 3.12. The predicted octanol–water partition coefficient (Wildman–Crippen LogP) is 6.54. The zero-order chi connectivity index (χ0) is 21.9. The van der Waals surface area contributed by atoms with Gasteiger partial charge >= 0.3 is 0 Å². The van der Waals surface area contributed by atoms with E-state index in [1.165, 1.54) is 0 Å². The van der Waals surface area contributed by atoms with Gasteiger partial charge in [0.05, 0.1) is 11.3 Å². The van der Waals surface area contributed by atoms with Crippen LogP contribution in [0.15, 0.2) is 48.7 Å². The van der Waals surface area contributed by atoms with Crippen LogP contribution in [0.2, 0.25) is 18.1 Å². The zero-order valence-electron chi connectivity index (χ0n) is 18.9. The lowest BCUT2D eigenvalue weighted by atomic mass is 9.93. The van der Waals surface area contributed by atoms with Gasteiger partial charge in [-0.1, -0.05) is 57.2 Å². The molecule has 0 saturated carbocycles. The molecule has 0 bridgehead atoms. The van der Waals surface area contributed by atoms with Crippen molar-refractivity contribution in [3.05, 3.63) is 59.8 Å². The molecular formula is C25H31N3OSi. The predicted molar refractivity (Wildman–Crippen MR) is 128 cm³/mol. The van der Waals surface area contributed by atoms with Gasteiger partial charge in [0.2, 0.25) is 0 Å². The first kappa shape index (κ1) is 22.0. The molecule has 5 heteroatoms. The SMILES string of the molecule is Cn1nccc1-c1cc(/C=C/CCO[Si](C)(C)C(C)(C)C)c2ccccc2c1C#N. The smallest absolute Gasteiger partial charge is 0.191 e. The Labute approximate surface area is 180 Å². The van der Waals surface area contributed by atoms with Crippen LogP contribution in [-0.4, -0.2) is 24.7 Å². The number of rotatable bonds is 6. The summed E-state index contributed by atoms with van der Waals surface area (Å²) in [5, 5.41) is 16.4. The van der Waals surface area contributed by atoms with Crippen LogP contribution in [0.3, 0.4) is 0 Å². The second-order valence-corrected chi connectivity index (χ2v) is 14.0. The van der Waals surface area contributed by atoms with Crippen molar-refractivity contribution in [2.45, 2.75) is 45.3 Å². The molecule has 0 radical (unpaired) electrons. The van der Waals surface area contributed by atoms with Crippen molar-refractivity contribution < 1.29 is 4.43 Å². The topological polar surface area (TPSA) is 50.8 Å². The van der Waals surface area contributed by atoms with E-state index in [1.807, 2.05) is 36.0 Å². The lowest BCUT2D eigenvalue weighted by Crippen LogP contribution is -2.40. The van der Waals surface area contributed by atoms with Crippen LogP contribution < -0.4 is 0 Å². The maximum atomic E-state index is 9.87. The molecule has 2 aromatic carbocycles. The molecule has 0 atom stereocenters. The van der Waals surface area contributed by atoms with Gasteiger partial charge in [-0.05, 0) is 47.6 Å². The van der Waals surface area contributed by atoms with E-state index in [4.69, 9.17) is 4.43 Å².